The maximum absolute atomic E-state index is 13.1. The number of nitrogens with zero attached hydrogens (tertiary/aromatic N) is 4. The lowest BCUT2D eigenvalue weighted by Gasteiger charge is -2.27. The molecule has 0 saturated heterocycles. The molecule has 0 atom stereocenters. The number of anilines is 2. The molecule has 5 rings (SSSR count). The number of nitrogen functional groups attached to an aromatic ring is 1. The molecule has 0 aromatic carbocycles. The van der Waals surface area contributed by atoms with Crippen molar-refractivity contribution in [1.82, 2.24) is 14.8 Å². The molecule has 2 aromatic rings. The van der Waals surface area contributed by atoms with Gasteiger partial charge in [0.05, 0.1) is 12.1 Å². The highest BCUT2D eigenvalue weighted by Gasteiger charge is 2.39. The van der Waals surface area contributed by atoms with Crippen molar-refractivity contribution in [2.24, 2.45) is 5.92 Å². The van der Waals surface area contributed by atoms with Crippen molar-refractivity contribution in [3.05, 3.63) is 39.9 Å². The summed E-state index contributed by atoms with van der Waals surface area (Å²) in [6.07, 6.45) is 2.84. The normalized spacial score (nSPS) is 18.9. The van der Waals surface area contributed by atoms with Crippen LogP contribution in [0.4, 0.5) is 10.8 Å². The molecule has 3 amide bonds. The fourth-order valence-electron chi connectivity index (χ4n) is 4.11. The molecule has 8 nitrogen and oxygen atoms in total. The summed E-state index contributed by atoms with van der Waals surface area (Å²) in [5.41, 5.74) is 7.67. The number of pyridine rings is 1. The summed E-state index contributed by atoms with van der Waals surface area (Å²) in [4.78, 5) is 49.0. The van der Waals surface area contributed by atoms with Gasteiger partial charge >= 0.3 is 0 Å². The van der Waals surface area contributed by atoms with E-state index in [4.69, 9.17) is 5.73 Å². The third kappa shape index (κ3) is 3.23. The van der Waals surface area contributed by atoms with Crippen molar-refractivity contribution in [1.29, 1.82) is 0 Å². The van der Waals surface area contributed by atoms with Crippen LogP contribution in [0.3, 0.4) is 0 Å². The van der Waals surface area contributed by atoms with Gasteiger partial charge in [-0.2, -0.15) is 0 Å². The molecule has 3 aliphatic rings. The average molecular weight is 426 g/mol. The Morgan fingerprint density at radius 3 is 2.80 bits per heavy atom. The Bertz CT molecular complexity index is 1060. The Hall–Kier alpha value is -2.94. The van der Waals surface area contributed by atoms with Gasteiger partial charge in [-0.25, -0.2) is 4.98 Å². The van der Waals surface area contributed by atoms with E-state index >= 15 is 0 Å². The first-order valence-corrected chi connectivity index (χ1v) is 11.0. The van der Waals surface area contributed by atoms with E-state index in [9.17, 15) is 14.4 Å². The van der Waals surface area contributed by atoms with Gasteiger partial charge in [-0.3, -0.25) is 14.4 Å². The first-order chi connectivity index (χ1) is 14.4. The molecule has 30 heavy (non-hydrogen) atoms. The Morgan fingerprint density at radius 1 is 1.27 bits per heavy atom. The van der Waals surface area contributed by atoms with E-state index in [0.29, 0.717) is 49.0 Å². The Balaban J connectivity index is 1.49. The summed E-state index contributed by atoms with van der Waals surface area (Å²) in [5, 5.41) is 0.752. The van der Waals surface area contributed by atoms with Crippen LogP contribution in [0.5, 0.6) is 0 Å². The first kappa shape index (κ1) is 19.0. The minimum Gasteiger partial charge on any atom is -0.384 e. The zero-order valence-corrected chi connectivity index (χ0v) is 17.6. The molecule has 0 bridgehead atoms. The van der Waals surface area contributed by atoms with E-state index in [0.717, 1.165) is 28.3 Å². The molecule has 4 heterocycles. The number of carbonyl (C=O) groups excluding carboxylic acids is 3. The first-order valence-electron chi connectivity index (χ1n) is 10.1. The van der Waals surface area contributed by atoms with Crippen molar-refractivity contribution < 1.29 is 14.4 Å². The molecule has 1 aliphatic carbocycles. The largest absolute Gasteiger partial charge is 0.384 e. The van der Waals surface area contributed by atoms with Gasteiger partial charge in [-0.15, -0.1) is 11.3 Å². The maximum Gasteiger partial charge on any atom is 0.272 e. The standard InChI is InChI=1S/C21H23N5O3S/c1-24-11-17(27)26(9-12-5-6-12)21-18(20(24)29)13-7-8-25(10-15(13)30-21)19(28)14-3-2-4-16(22)23-14/h2-4,12H,5-11H2,1H3,(H2,22,23). The molecule has 0 radical (unpaired) electrons. The van der Waals surface area contributed by atoms with Gasteiger partial charge in [0.2, 0.25) is 5.91 Å². The second kappa shape index (κ2) is 7.09. The highest BCUT2D eigenvalue weighted by Crippen LogP contribution is 2.43. The maximum atomic E-state index is 13.1. The molecule has 0 spiro atoms. The molecule has 156 valence electrons. The van der Waals surface area contributed by atoms with Gasteiger partial charge in [0, 0.05) is 25.0 Å². The summed E-state index contributed by atoms with van der Waals surface area (Å²) in [7, 11) is 1.68. The smallest absolute Gasteiger partial charge is 0.272 e. The van der Waals surface area contributed by atoms with Crippen molar-refractivity contribution in [2.45, 2.75) is 25.8 Å². The second-order valence-electron chi connectivity index (χ2n) is 8.22. The molecular formula is C21H23N5O3S. The SMILES string of the molecule is CN1CC(=O)N(CC2CC2)c2sc3c(c2C1=O)CCN(C(=O)c1cccc(N)n1)C3. The Morgan fingerprint density at radius 2 is 2.07 bits per heavy atom. The number of likely N-dealkylation sites (N-methyl/N-ethyl adjacent to an activating group) is 1. The van der Waals surface area contributed by atoms with E-state index in [1.807, 2.05) is 4.90 Å². The number of amides is 3. The molecule has 2 aromatic heterocycles. The minimum absolute atomic E-state index is 0.0352. The third-order valence-electron chi connectivity index (χ3n) is 5.93. The third-order valence-corrected chi connectivity index (χ3v) is 7.17. The number of nitrogens with two attached hydrogens (primary N) is 1. The van der Waals surface area contributed by atoms with E-state index in [2.05, 4.69) is 4.98 Å². The number of rotatable bonds is 3. The number of carbonyl (C=O) groups is 3. The lowest BCUT2D eigenvalue weighted by atomic mass is 10.0. The van der Waals surface area contributed by atoms with Crippen LogP contribution in [0.2, 0.25) is 0 Å². The summed E-state index contributed by atoms with van der Waals surface area (Å²) in [6, 6.07) is 5.02. The van der Waals surface area contributed by atoms with Gasteiger partial charge in [-0.05, 0) is 42.9 Å². The summed E-state index contributed by atoms with van der Waals surface area (Å²) in [6.45, 7) is 1.68. The number of thiophene rings is 1. The zero-order chi connectivity index (χ0) is 21.0. The van der Waals surface area contributed by atoms with Crippen LogP contribution < -0.4 is 10.6 Å². The monoisotopic (exact) mass is 425 g/mol. The molecular weight excluding hydrogens is 402 g/mol. The van der Waals surface area contributed by atoms with Crippen LogP contribution in [0.15, 0.2) is 18.2 Å². The fraction of sp³-hybridized carbons (Fsp3) is 0.429. The fourth-order valence-corrected chi connectivity index (χ4v) is 5.49. The topological polar surface area (TPSA) is 99.8 Å². The lowest BCUT2D eigenvalue weighted by molar-refractivity contribution is -0.119. The molecule has 9 heteroatoms. The summed E-state index contributed by atoms with van der Waals surface area (Å²) < 4.78 is 0. The van der Waals surface area contributed by atoms with Gasteiger partial charge in [0.1, 0.15) is 23.1 Å². The van der Waals surface area contributed by atoms with Crippen LogP contribution in [-0.4, -0.2) is 59.2 Å². The van der Waals surface area contributed by atoms with Crippen molar-refractivity contribution in [3.63, 3.8) is 0 Å². The predicted octanol–water partition coefficient (Wildman–Crippen LogP) is 1.75. The number of fused-ring (bicyclic) bond motifs is 3. The van der Waals surface area contributed by atoms with Crippen molar-refractivity contribution >= 4 is 39.9 Å². The predicted molar refractivity (Wildman–Crippen MR) is 113 cm³/mol. The van der Waals surface area contributed by atoms with E-state index < -0.39 is 0 Å². The van der Waals surface area contributed by atoms with Crippen LogP contribution >= 0.6 is 11.3 Å². The number of aromatic nitrogens is 1. The van der Waals surface area contributed by atoms with Gasteiger partial charge in [0.25, 0.3) is 11.8 Å². The highest BCUT2D eigenvalue weighted by atomic mass is 32.1. The average Bonchev–Trinajstić information content (AvgIpc) is 3.49. The lowest BCUT2D eigenvalue weighted by Crippen LogP contribution is -2.39. The highest BCUT2D eigenvalue weighted by molar-refractivity contribution is 7.17. The molecule has 0 unspecified atom stereocenters. The van der Waals surface area contributed by atoms with Gasteiger partial charge < -0.3 is 20.4 Å². The minimum atomic E-state index is -0.175. The Labute approximate surface area is 178 Å². The van der Waals surface area contributed by atoms with E-state index in [1.165, 1.54) is 16.2 Å². The van der Waals surface area contributed by atoms with Crippen LogP contribution in [-0.2, 0) is 17.8 Å². The van der Waals surface area contributed by atoms with E-state index in [-0.39, 0.29) is 24.3 Å². The van der Waals surface area contributed by atoms with Crippen LogP contribution in [0, 0.1) is 5.92 Å². The van der Waals surface area contributed by atoms with Crippen LogP contribution in [0.25, 0.3) is 0 Å². The molecule has 1 fully saturated rings. The summed E-state index contributed by atoms with van der Waals surface area (Å²) >= 11 is 1.48. The second-order valence-corrected chi connectivity index (χ2v) is 9.30. The van der Waals surface area contributed by atoms with Gasteiger partial charge in [-0.1, -0.05) is 6.07 Å². The molecule has 2 aliphatic heterocycles. The van der Waals surface area contributed by atoms with Crippen molar-refractivity contribution in [3.8, 4) is 0 Å². The van der Waals surface area contributed by atoms with Crippen LogP contribution in [0.1, 0.15) is 44.1 Å². The molecule has 1 saturated carbocycles. The number of hydrogen-bond acceptors (Lipinski definition) is 6. The van der Waals surface area contributed by atoms with Gasteiger partial charge in [0.15, 0.2) is 0 Å². The molecule has 2 N–H and O–H groups in total. The Kier molecular flexibility index (Phi) is 4.50. The summed E-state index contributed by atoms with van der Waals surface area (Å²) in [5.74, 6) is 0.515. The van der Waals surface area contributed by atoms with Crippen molar-refractivity contribution in [2.75, 3.05) is 37.3 Å². The van der Waals surface area contributed by atoms with E-state index in [1.54, 1.807) is 30.1 Å². The quantitative estimate of drug-likeness (QED) is 0.808. The zero-order valence-electron chi connectivity index (χ0n) is 16.8. The number of hydrogen-bond donors (Lipinski definition) is 1.